The highest BCUT2D eigenvalue weighted by Crippen LogP contribution is 2.25. The largest absolute Gasteiger partial charge is 0.382 e. The Hall–Kier alpha value is -2.40. The summed E-state index contributed by atoms with van der Waals surface area (Å²) in [4.78, 5) is 12.7. The number of aromatic nitrogens is 3. The third-order valence-electron chi connectivity index (χ3n) is 3.62. The Balaban J connectivity index is 1.88. The molecule has 0 saturated heterocycles. The lowest BCUT2D eigenvalue weighted by molar-refractivity contribution is 0.147. The summed E-state index contributed by atoms with van der Waals surface area (Å²) < 4.78 is 5.38. The SMILES string of the molecule is CCOCCCNc1nc(-c2ccccc2)nc2[nH]c(C)cc12. The Morgan fingerprint density at radius 1 is 1.17 bits per heavy atom. The van der Waals surface area contributed by atoms with Crippen LogP contribution in [0.15, 0.2) is 36.4 Å². The van der Waals surface area contributed by atoms with Gasteiger partial charge < -0.3 is 15.0 Å². The molecule has 2 N–H and O–H groups in total. The second kappa shape index (κ2) is 7.24. The van der Waals surface area contributed by atoms with E-state index in [1.165, 1.54) is 0 Å². The zero-order valence-corrected chi connectivity index (χ0v) is 13.6. The number of benzene rings is 1. The van der Waals surface area contributed by atoms with Crippen LogP contribution in [0.5, 0.6) is 0 Å². The first-order chi connectivity index (χ1) is 11.3. The first-order valence-electron chi connectivity index (χ1n) is 8.02. The van der Waals surface area contributed by atoms with Gasteiger partial charge in [0.05, 0.1) is 5.39 Å². The van der Waals surface area contributed by atoms with Crippen molar-refractivity contribution in [1.82, 2.24) is 15.0 Å². The summed E-state index contributed by atoms with van der Waals surface area (Å²) in [6.07, 6.45) is 0.948. The standard InChI is InChI=1S/C18H22N4O/c1-3-23-11-7-10-19-17-15-12-13(2)20-18(15)22-16(21-17)14-8-5-4-6-9-14/h4-6,8-9,12H,3,7,10-11H2,1-2H3,(H2,19,20,21,22). The Kier molecular flexibility index (Phi) is 4.88. The number of aryl methyl sites for hydroxylation is 1. The number of nitrogens with one attached hydrogen (secondary N) is 2. The number of aromatic amines is 1. The third kappa shape index (κ3) is 3.68. The maximum atomic E-state index is 5.38. The summed E-state index contributed by atoms with van der Waals surface area (Å²) in [6.45, 7) is 6.38. The van der Waals surface area contributed by atoms with Crippen LogP contribution < -0.4 is 5.32 Å². The number of rotatable bonds is 7. The van der Waals surface area contributed by atoms with E-state index in [4.69, 9.17) is 9.72 Å². The molecule has 0 aliphatic carbocycles. The van der Waals surface area contributed by atoms with Crippen LogP contribution in [0, 0.1) is 6.92 Å². The maximum Gasteiger partial charge on any atom is 0.163 e. The minimum absolute atomic E-state index is 0.729. The van der Waals surface area contributed by atoms with E-state index in [-0.39, 0.29) is 0 Å². The molecule has 3 rings (SSSR count). The number of fused-ring (bicyclic) bond motifs is 1. The molecule has 0 aliphatic heterocycles. The Morgan fingerprint density at radius 3 is 2.78 bits per heavy atom. The second-order valence-corrected chi connectivity index (χ2v) is 5.45. The van der Waals surface area contributed by atoms with Crippen LogP contribution in [0.1, 0.15) is 19.0 Å². The van der Waals surface area contributed by atoms with Crippen molar-refractivity contribution in [2.45, 2.75) is 20.3 Å². The summed E-state index contributed by atoms with van der Waals surface area (Å²) in [5.74, 6) is 1.60. The highest BCUT2D eigenvalue weighted by molar-refractivity contribution is 5.89. The zero-order chi connectivity index (χ0) is 16.1. The molecule has 1 aromatic carbocycles. The van der Waals surface area contributed by atoms with E-state index in [2.05, 4.69) is 21.4 Å². The minimum atomic E-state index is 0.729. The van der Waals surface area contributed by atoms with E-state index < -0.39 is 0 Å². The van der Waals surface area contributed by atoms with Gasteiger partial charge in [0.2, 0.25) is 0 Å². The Morgan fingerprint density at radius 2 is 2.00 bits per heavy atom. The van der Waals surface area contributed by atoms with Gasteiger partial charge >= 0.3 is 0 Å². The smallest absolute Gasteiger partial charge is 0.163 e. The van der Waals surface area contributed by atoms with Crippen LogP contribution in [0.25, 0.3) is 22.4 Å². The molecule has 2 heterocycles. The number of hydrogen-bond acceptors (Lipinski definition) is 4. The lowest BCUT2D eigenvalue weighted by Crippen LogP contribution is -2.08. The lowest BCUT2D eigenvalue weighted by atomic mass is 10.2. The lowest BCUT2D eigenvalue weighted by Gasteiger charge is -2.09. The fourth-order valence-corrected chi connectivity index (χ4v) is 2.52. The van der Waals surface area contributed by atoms with Crippen LogP contribution in [0.4, 0.5) is 5.82 Å². The van der Waals surface area contributed by atoms with Gasteiger partial charge in [-0.05, 0) is 26.3 Å². The zero-order valence-electron chi connectivity index (χ0n) is 13.6. The van der Waals surface area contributed by atoms with Gasteiger partial charge in [-0.15, -0.1) is 0 Å². The van der Waals surface area contributed by atoms with Crippen molar-refractivity contribution in [3.05, 3.63) is 42.1 Å². The highest BCUT2D eigenvalue weighted by Gasteiger charge is 2.11. The molecule has 23 heavy (non-hydrogen) atoms. The molecule has 0 saturated carbocycles. The van der Waals surface area contributed by atoms with E-state index in [1.807, 2.05) is 44.2 Å². The Labute approximate surface area is 136 Å². The molecule has 0 bridgehead atoms. The molecule has 120 valence electrons. The fourth-order valence-electron chi connectivity index (χ4n) is 2.52. The third-order valence-corrected chi connectivity index (χ3v) is 3.62. The molecule has 0 unspecified atom stereocenters. The minimum Gasteiger partial charge on any atom is -0.382 e. The van der Waals surface area contributed by atoms with Gasteiger partial charge in [0.1, 0.15) is 11.5 Å². The number of anilines is 1. The van der Waals surface area contributed by atoms with E-state index in [9.17, 15) is 0 Å². The summed E-state index contributed by atoms with van der Waals surface area (Å²) >= 11 is 0. The second-order valence-electron chi connectivity index (χ2n) is 5.45. The molecular weight excluding hydrogens is 288 g/mol. The van der Waals surface area contributed by atoms with Crippen molar-refractivity contribution >= 4 is 16.9 Å². The van der Waals surface area contributed by atoms with Crippen molar-refractivity contribution in [2.24, 2.45) is 0 Å². The molecule has 2 aromatic heterocycles. The Bertz CT molecular complexity index is 767. The number of H-pyrrole nitrogens is 1. The van der Waals surface area contributed by atoms with Crippen LogP contribution in [-0.2, 0) is 4.74 Å². The molecule has 0 amide bonds. The van der Waals surface area contributed by atoms with Crippen LogP contribution in [0.3, 0.4) is 0 Å². The van der Waals surface area contributed by atoms with Crippen molar-refractivity contribution < 1.29 is 4.74 Å². The monoisotopic (exact) mass is 310 g/mol. The van der Waals surface area contributed by atoms with Gasteiger partial charge in [0.25, 0.3) is 0 Å². The van der Waals surface area contributed by atoms with Crippen LogP contribution in [0.2, 0.25) is 0 Å². The predicted molar refractivity (Wildman–Crippen MR) is 93.7 cm³/mol. The summed E-state index contributed by atoms with van der Waals surface area (Å²) in [7, 11) is 0. The molecule has 3 aromatic rings. The highest BCUT2D eigenvalue weighted by atomic mass is 16.5. The molecular formula is C18H22N4O. The van der Waals surface area contributed by atoms with Gasteiger partial charge in [0, 0.05) is 31.0 Å². The van der Waals surface area contributed by atoms with E-state index in [1.54, 1.807) is 0 Å². The topological polar surface area (TPSA) is 62.8 Å². The first-order valence-corrected chi connectivity index (χ1v) is 8.02. The molecule has 5 nitrogen and oxygen atoms in total. The molecule has 0 spiro atoms. The van der Waals surface area contributed by atoms with E-state index >= 15 is 0 Å². The molecule has 0 aliphatic rings. The van der Waals surface area contributed by atoms with Gasteiger partial charge in [0.15, 0.2) is 5.82 Å². The van der Waals surface area contributed by atoms with Gasteiger partial charge in [-0.2, -0.15) is 0 Å². The van der Waals surface area contributed by atoms with Crippen molar-refractivity contribution in [1.29, 1.82) is 0 Å². The average Bonchev–Trinajstić information content (AvgIpc) is 2.95. The normalized spacial score (nSPS) is 11.0. The van der Waals surface area contributed by atoms with E-state index in [0.29, 0.717) is 0 Å². The van der Waals surface area contributed by atoms with Gasteiger partial charge in [-0.25, -0.2) is 9.97 Å². The first kappa shape index (κ1) is 15.5. The number of nitrogens with zero attached hydrogens (tertiary/aromatic N) is 2. The van der Waals surface area contributed by atoms with Crippen LogP contribution >= 0.6 is 0 Å². The summed E-state index contributed by atoms with van der Waals surface area (Å²) in [5.41, 5.74) is 2.96. The fraction of sp³-hybridized carbons (Fsp3) is 0.333. The number of hydrogen-bond donors (Lipinski definition) is 2. The van der Waals surface area contributed by atoms with E-state index in [0.717, 1.165) is 60.1 Å². The van der Waals surface area contributed by atoms with Crippen molar-refractivity contribution in [3.63, 3.8) is 0 Å². The number of ether oxygens (including phenoxy) is 1. The van der Waals surface area contributed by atoms with Crippen molar-refractivity contribution in [3.8, 4) is 11.4 Å². The molecule has 5 heteroatoms. The van der Waals surface area contributed by atoms with Crippen molar-refractivity contribution in [2.75, 3.05) is 25.1 Å². The molecule has 0 fully saturated rings. The summed E-state index contributed by atoms with van der Waals surface area (Å²) in [6, 6.07) is 12.1. The van der Waals surface area contributed by atoms with Gasteiger partial charge in [-0.3, -0.25) is 0 Å². The quantitative estimate of drug-likeness (QED) is 0.652. The van der Waals surface area contributed by atoms with Crippen LogP contribution in [-0.4, -0.2) is 34.7 Å². The summed E-state index contributed by atoms with van der Waals surface area (Å²) in [5, 5.41) is 4.45. The molecule has 0 atom stereocenters. The van der Waals surface area contributed by atoms with Gasteiger partial charge in [-0.1, -0.05) is 30.3 Å². The maximum absolute atomic E-state index is 5.38. The predicted octanol–water partition coefficient (Wildman–Crippen LogP) is 3.77. The average molecular weight is 310 g/mol. The molecule has 0 radical (unpaired) electrons.